The lowest BCUT2D eigenvalue weighted by Gasteiger charge is -2.00. The lowest BCUT2D eigenvalue weighted by Crippen LogP contribution is -2.13. The Morgan fingerprint density at radius 3 is 1.21 bits per heavy atom. The minimum atomic E-state index is -0.551. The number of hydrogen-bond acceptors (Lipinski definition) is 4. The Hall–Kier alpha value is -0.770. The molecule has 0 aromatic rings. The van der Waals surface area contributed by atoms with Gasteiger partial charge in [0.05, 0.1) is 12.2 Å². The summed E-state index contributed by atoms with van der Waals surface area (Å²) in [6, 6.07) is 0. The van der Waals surface area contributed by atoms with Crippen molar-refractivity contribution < 1.29 is 19.0 Å². The molecule has 14 heavy (non-hydrogen) atoms. The minimum Gasteiger partial charge on any atom is -0.427 e. The van der Waals surface area contributed by atoms with E-state index in [1.54, 1.807) is 13.8 Å². The van der Waals surface area contributed by atoms with Crippen molar-refractivity contribution in [3.8, 4) is 0 Å². The van der Waals surface area contributed by atoms with Crippen molar-refractivity contribution in [2.75, 3.05) is 0 Å². The quantitative estimate of drug-likeness (QED) is 0.449. The first-order chi connectivity index (χ1) is 6.00. The third kappa shape index (κ3) is 3.96. The van der Waals surface area contributed by atoms with Gasteiger partial charge in [-0.15, -0.1) is 0 Å². The van der Waals surface area contributed by atoms with Crippen LogP contribution >= 0.6 is 0 Å². The van der Waals surface area contributed by atoms with E-state index in [4.69, 9.17) is 4.74 Å². The van der Waals surface area contributed by atoms with Gasteiger partial charge in [-0.3, -0.25) is 0 Å². The van der Waals surface area contributed by atoms with Crippen molar-refractivity contribution in [2.24, 2.45) is 0 Å². The van der Waals surface area contributed by atoms with E-state index in [-0.39, 0.29) is 19.6 Å². The van der Waals surface area contributed by atoms with Gasteiger partial charge >= 0.3 is 6.16 Å². The molecule has 2 aliphatic rings. The molecule has 0 bridgehead atoms. The van der Waals surface area contributed by atoms with E-state index in [1.165, 1.54) is 0 Å². The number of epoxide rings is 1. The molecule has 4 unspecified atom stereocenters. The predicted octanol–water partition coefficient (Wildman–Crippen LogP) is 2.36. The summed E-state index contributed by atoms with van der Waals surface area (Å²) in [6.45, 7) is 7.75. The number of carbonyl (C=O) groups is 1. The van der Waals surface area contributed by atoms with Crippen molar-refractivity contribution in [1.29, 1.82) is 0 Å². The second-order valence-electron chi connectivity index (χ2n) is 3.44. The molecule has 84 valence electrons. The van der Waals surface area contributed by atoms with Crippen LogP contribution in [0.25, 0.3) is 0 Å². The molecule has 2 fully saturated rings. The molecule has 2 rings (SSSR count). The Balaban J connectivity index is 0.000000246. The van der Waals surface area contributed by atoms with E-state index in [9.17, 15) is 4.79 Å². The van der Waals surface area contributed by atoms with Crippen LogP contribution in [0.15, 0.2) is 0 Å². The van der Waals surface area contributed by atoms with Gasteiger partial charge in [0, 0.05) is 0 Å². The number of carbonyl (C=O) groups excluding carboxylic acids is 1. The van der Waals surface area contributed by atoms with Gasteiger partial charge in [0.25, 0.3) is 0 Å². The molecule has 4 heteroatoms. The van der Waals surface area contributed by atoms with Crippen molar-refractivity contribution in [3.63, 3.8) is 0 Å². The summed E-state index contributed by atoms with van der Waals surface area (Å²) in [7, 11) is 0. The third-order valence-electron chi connectivity index (χ3n) is 2.24. The van der Waals surface area contributed by atoms with Gasteiger partial charge in [0.15, 0.2) is 0 Å². The third-order valence-corrected chi connectivity index (χ3v) is 2.24. The van der Waals surface area contributed by atoms with E-state index >= 15 is 0 Å². The summed E-state index contributed by atoms with van der Waals surface area (Å²) in [5.74, 6) is 0. The van der Waals surface area contributed by atoms with Crippen LogP contribution in [0.2, 0.25) is 0 Å². The number of ether oxygens (including phenoxy) is 3. The van der Waals surface area contributed by atoms with Crippen molar-refractivity contribution >= 4 is 6.16 Å². The Morgan fingerprint density at radius 1 is 0.857 bits per heavy atom. The first-order valence-corrected chi connectivity index (χ1v) is 4.53. The van der Waals surface area contributed by atoms with Crippen molar-refractivity contribution in [2.45, 2.75) is 59.5 Å². The molecular weight excluding hydrogens is 184 g/mol. The smallest absolute Gasteiger partial charge is 0.427 e. The van der Waals surface area contributed by atoms with Gasteiger partial charge in [0.2, 0.25) is 0 Å². The molecule has 0 N–H and O–H groups in total. The van der Waals surface area contributed by atoms with Crippen LogP contribution in [-0.4, -0.2) is 30.6 Å². The highest BCUT2D eigenvalue weighted by molar-refractivity contribution is 5.62. The van der Waals surface area contributed by atoms with Crippen LogP contribution in [0.4, 0.5) is 4.79 Å². The van der Waals surface area contributed by atoms with E-state index in [1.807, 2.05) is 0 Å². The summed E-state index contributed by atoms with van der Waals surface area (Å²) in [5, 5.41) is 0. The molecule has 0 saturated carbocycles. The van der Waals surface area contributed by atoms with Crippen molar-refractivity contribution in [1.82, 2.24) is 0 Å². The zero-order chi connectivity index (χ0) is 10.0. The number of hydrogen-bond donors (Lipinski definition) is 0. The minimum absolute atomic E-state index is 0. The predicted molar refractivity (Wildman–Crippen MR) is 53.2 cm³/mol. The lowest BCUT2D eigenvalue weighted by molar-refractivity contribution is 0.118. The first kappa shape index (κ1) is 13.2. The summed E-state index contributed by atoms with van der Waals surface area (Å²) in [4.78, 5) is 10.2. The molecule has 0 amide bonds. The van der Waals surface area contributed by atoms with Crippen LogP contribution < -0.4 is 0 Å². The monoisotopic (exact) mass is 204 g/mol. The standard InChI is InChI=1S/C5H8O3.C4H8O.CH4/c1-3-4(2)8-5(6)7-3;1-3-4(2)5-3;/h3-4H,1-2H3;3-4H,1-2H3;1H4. The Morgan fingerprint density at radius 2 is 1.14 bits per heavy atom. The summed E-state index contributed by atoms with van der Waals surface area (Å²) >= 11 is 0. The van der Waals surface area contributed by atoms with E-state index in [0.29, 0.717) is 12.2 Å². The average molecular weight is 204 g/mol. The maximum Gasteiger partial charge on any atom is 0.509 e. The van der Waals surface area contributed by atoms with E-state index in [2.05, 4.69) is 23.3 Å². The van der Waals surface area contributed by atoms with Crippen LogP contribution in [0.5, 0.6) is 0 Å². The van der Waals surface area contributed by atoms with Crippen molar-refractivity contribution in [3.05, 3.63) is 0 Å². The Labute approximate surface area is 85.5 Å². The maximum atomic E-state index is 10.2. The SMILES string of the molecule is C.CC1OC(=O)OC1C.CC1OC1C. The van der Waals surface area contributed by atoms with Gasteiger partial charge in [-0.25, -0.2) is 4.79 Å². The highest BCUT2D eigenvalue weighted by atomic mass is 16.8. The highest BCUT2D eigenvalue weighted by Gasteiger charge is 2.28. The largest absolute Gasteiger partial charge is 0.509 e. The fraction of sp³-hybridized carbons (Fsp3) is 0.900. The molecular formula is C10H20O4. The molecule has 2 heterocycles. The van der Waals surface area contributed by atoms with E-state index in [0.717, 1.165) is 0 Å². The molecule has 0 spiro atoms. The normalized spacial score (nSPS) is 38.4. The fourth-order valence-corrected chi connectivity index (χ4v) is 0.816. The second-order valence-corrected chi connectivity index (χ2v) is 3.44. The number of rotatable bonds is 0. The Bertz CT molecular complexity index is 175. The van der Waals surface area contributed by atoms with Gasteiger partial charge in [-0.2, -0.15) is 0 Å². The first-order valence-electron chi connectivity index (χ1n) is 4.53. The molecule has 2 saturated heterocycles. The molecule has 0 radical (unpaired) electrons. The molecule has 0 aliphatic carbocycles. The maximum absolute atomic E-state index is 10.2. The zero-order valence-electron chi connectivity index (χ0n) is 8.44. The van der Waals surface area contributed by atoms with Crippen LogP contribution in [-0.2, 0) is 14.2 Å². The van der Waals surface area contributed by atoms with Gasteiger partial charge in [-0.1, -0.05) is 7.43 Å². The average Bonchev–Trinajstić information content (AvgIpc) is 2.55. The molecule has 0 aromatic carbocycles. The second kappa shape index (κ2) is 5.20. The molecule has 2 aliphatic heterocycles. The highest BCUT2D eigenvalue weighted by Crippen LogP contribution is 2.18. The topological polar surface area (TPSA) is 48.1 Å². The number of cyclic esters (lactones) is 2. The van der Waals surface area contributed by atoms with Gasteiger partial charge in [-0.05, 0) is 27.7 Å². The van der Waals surface area contributed by atoms with Gasteiger partial charge < -0.3 is 14.2 Å². The Kier molecular flexibility index (Phi) is 4.91. The molecule has 4 atom stereocenters. The van der Waals surface area contributed by atoms with E-state index < -0.39 is 6.16 Å². The van der Waals surface area contributed by atoms with Crippen LogP contribution in [0.3, 0.4) is 0 Å². The fourth-order valence-electron chi connectivity index (χ4n) is 0.816. The van der Waals surface area contributed by atoms with Gasteiger partial charge in [0.1, 0.15) is 12.2 Å². The summed E-state index contributed by atoms with van der Waals surface area (Å²) in [5.41, 5.74) is 0. The molecule has 4 nitrogen and oxygen atoms in total. The summed E-state index contributed by atoms with van der Waals surface area (Å²) < 4.78 is 14.1. The zero-order valence-corrected chi connectivity index (χ0v) is 8.44. The van der Waals surface area contributed by atoms with Crippen LogP contribution in [0, 0.1) is 0 Å². The summed E-state index contributed by atoms with van der Waals surface area (Å²) in [6.07, 6.45) is 0.389. The lowest BCUT2D eigenvalue weighted by atomic mass is 10.3. The molecule has 0 aromatic heterocycles. The van der Waals surface area contributed by atoms with Crippen LogP contribution in [0.1, 0.15) is 35.1 Å².